The van der Waals surface area contributed by atoms with E-state index in [0.717, 1.165) is 0 Å². The normalized spacial score (nSPS) is 9.43. The summed E-state index contributed by atoms with van der Waals surface area (Å²) < 4.78 is 0. The minimum atomic E-state index is 0.462. The van der Waals surface area contributed by atoms with Gasteiger partial charge >= 0.3 is 0 Å². The Morgan fingerprint density at radius 3 is 1.71 bits per heavy atom. The highest BCUT2D eigenvalue weighted by Gasteiger charge is 1.76. The lowest BCUT2D eigenvalue weighted by molar-refractivity contribution is 0.679. The zero-order valence-electron chi connectivity index (χ0n) is 3.88. The fraction of sp³-hybridized carbons (Fsp3) is 1.00. The molecule has 0 unspecified atom stereocenters. The van der Waals surface area contributed by atoms with Crippen LogP contribution in [0.4, 0.5) is 0 Å². The van der Waals surface area contributed by atoms with E-state index in [0.29, 0.717) is 18.7 Å². The third-order valence-corrected chi connectivity index (χ3v) is 0.817. The molecule has 0 radical (unpaired) electrons. The summed E-state index contributed by atoms with van der Waals surface area (Å²) in [4.78, 5) is 0. The van der Waals surface area contributed by atoms with Crippen molar-refractivity contribution in [1.82, 2.24) is 10.6 Å². The number of alkyl halides is 2. The minimum Gasteiger partial charge on any atom is -0.291 e. The number of rotatable bonds is 4. The maximum atomic E-state index is 5.24. The zero-order valence-corrected chi connectivity index (χ0v) is 5.39. The highest BCUT2D eigenvalue weighted by atomic mass is 35.5. The van der Waals surface area contributed by atoms with Crippen LogP contribution in [0.15, 0.2) is 0 Å². The Kier molecular flexibility index (Phi) is 6.96. The predicted octanol–water partition coefficient (Wildman–Crippen LogP) is 0.516. The lowest BCUT2D eigenvalue weighted by Crippen LogP contribution is -2.26. The first-order valence-corrected chi connectivity index (χ1v) is 3.02. The van der Waals surface area contributed by atoms with Crippen LogP contribution in [0.2, 0.25) is 0 Å². The molecule has 0 aliphatic carbocycles. The van der Waals surface area contributed by atoms with Crippen LogP contribution in [-0.2, 0) is 0 Å². The molecule has 0 atom stereocenters. The van der Waals surface area contributed by atoms with Crippen molar-refractivity contribution in [3.8, 4) is 0 Å². The van der Waals surface area contributed by atoms with E-state index in [-0.39, 0.29) is 0 Å². The first-order valence-electron chi connectivity index (χ1n) is 1.95. The Morgan fingerprint density at radius 1 is 1.00 bits per heavy atom. The Hall–Kier alpha value is 0.500. The van der Waals surface area contributed by atoms with E-state index in [1.807, 2.05) is 0 Å². The van der Waals surface area contributed by atoms with Gasteiger partial charge in [0.1, 0.15) is 0 Å². The topological polar surface area (TPSA) is 24.1 Å². The van der Waals surface area contributed by atoms with Gasteiger partial charge in [0.2, 0.25) is 0 Å². The maximum absolute atomic E-state index is 5.24. The summed E-state index contributed by atoms with van der Waals surface area (Å²) in [5, 5.41) is 5.64. The molecule has 0 rings (SSSR count). The van der Waals surface area contributed by atoms with Crippen molar-refractivity contribution in [1.29, 1.82) is 0 Å². The smallest absolute Gasteiger partial charge is 0.0723 e. The summed E-state index contributed by atoms with van der Waals surface area (Å²) in [7, 11) is 0. The Balaban J connectivity index is 2.45. The van der Waals surface area contributed by atoms with E-state index in [2.05, 4.69) is 10.6 Å². The molecule has 0 amide bonds. The predicted molar refractivity (Wildman–Crippen MR) is 32.6 cm³/mol. The van der Waals surface area contributed by atoms with Gasteiger partial charge in [0.15, 0.2) is 0 Å². The Morgan fingerprint density at radius 2 is 1.43 bits per heavy atom. The SMILES string of the molecule is ClCNCNCCl. The van der Waals surface area contributed by atoms with Crippen molar-refractivity contribution in [2.75, 3.05) is 18.7 Å². The van der Waals surface area contributed by atoms with Gasteiger partial charge in [0.05, 0.1) is 12.0 Å². The average molecular weight is 143 g/mol. The quantitative estimate of drug-likeness (QED) is 0.259. The zero-order chi connectivity index (χ0) is 5.54. The number of hydrogen-bond donors (Lipinski definition) is 2. The Labute approximate surface area is 53.2 Å². The molecule has 0 aromatic carbocycles. The molecule has 2 N–H and O–H groups in total. The van der Waals surface area contributed by atoms with Crippen LogP contribution in [0.1, 0.15) is 0 Å². The van der Waals surface area contributed by atoms with Crippen LogP contribution in [-0.4, -0.2) is 18.7 Å². The Bertz CT molecular complexity index is 30.1. The van der Waals surface area contributed by atoms with Gasteiger partial charge in [-0.05, 0) is 0 Å². The van der Waals surface area contributed by atoms with Crippen molar-refractivity contribution in [3.63, 3.8) is 0 Å². The molecule has 0 saturated heterocycles. The molecular weight excluding hydrogens is 135 g/mol. The molecule has 0 aliphatic rings. The minimum absolute atomic E-state index is 0.462. The first-order chi connectivity index (χ1) is 3.41. The molecule has 0 bridgehead atoms. The fourth-order valence-corrected chi connectivity index (χ4v) is 0.372. The second-order valence-corrected chi connectivity index (χ2v) is 1.48. The molecule has 44 valence electrons. The van der Waals surface area contributed by atoms with Gasteiger partial charge in [-0.2, -0.15) is 0 Å². The highest BCUT2D eigenvalue weighted by molar-refractivity contribution is 6.17. The van der Waals surface area contributed by atoms with E-state index in [4.69, 9.17) is 23.2 Å². The van der Waals surface area contributed by atoms with Gasteiger partial charge in [-0.15, -0.1) is 23.2 Å². The van der Waals surface area contributed by atoms with Gasteiger partial charge in [-0.1, -0.05) is 0 Å². The largest absolute Gasteiger partial charge is 0.291 e. The van der Waals surface area contributed by atoms with Crippen molar-refractivity contribution >= 4 is 23.2 Å². The summed E-state index contributed by atoms with van der Waals surface area (Å²) >= 11 is 10.5. The van der Waals surface area contributed by atoms with E-state index < -0.39 is 0 Å². The lowest BCUT2D eigenvalue weighted by Gasteiger charge is -1.96. The van der Waals surface area contributed by atoms with Crippen molar-refractivity contribution in [2.24, 2.45) is 0 Å². The molecule has 2 nitrogen and oxygen atoms in total. The molecular formula is C3H8Cl2N2. The van der Waals surface area contributed by atoms with Crippen molar-refractivity contribution in [3.05, 3.63) is 0 Å². The van der Waals surface area contributed by atoms with Gasteiger partial charge in [0, 0.05) is 6.67 Å². The standard InChI is InChI=1S/C3H8Cl2N2/c4-1-6-3-7-2-5/h6-7H,1-3H2. The fourth-order valence-electron chi connectivity index (χ4n) is 0.183. The van der Waals surface area contributed by atoms with Crippen molar-refractivity contribution in [2.45, 2.75) is 0 Å². The van der Waals surface area contributed by atoms with Crippen molar-refractivity contribution < 1.29 is 0 Å². The molecule has 0 heterocycles. The molecule has 0 aromatic rings. The summed E-state index contributed by atoms with van der Waals surface area (Å²) in [6.07, 6.45) is 0. The van der Waals surface area contributed by atoms with Crippen LogP contribution in [0, 0.1) is 0 Å². The van der Waals surface area contributed by atoms with E-state index in [9.17, 15) is 0 Å². The second kappa shape index (κ2) is 6.50. The molecule has 0 aliphatic heterocycles. The van der Waals surface area contributed by atoms with Gasteiger partial charge in [-0.25, -0.2) is 0 Å². The van der Waals surface area contributed by atoms with Gasteiger partial charge in [-0.3, -0.25) is 10.6 Å². The third kappa shape index (κ3) is 6.50. The molecule has 0 fully saturated rings. The molecule has 7 heavy (non-hydrogen) atoms. The summed E-state index contributed by atoms with van der Waals surface area (Å²) in [6, 6.07) is 0.924. The van der Waals surface area contributed by atoms with Crippen LogP contribution in [0.5, 0.6) is 0 Å². The van der Waals surface area contributed by atoms with E-state index in [1.165, 1.54) is 0 Å². The first kappa shape index (κ1) is 7.50. The van der Waals surface area contributed by atoms with Crippen LogP contribution < -0.4 is 10.6 Å². The van der Waals surface area contributed by atoms with Crippen LogP contribution >= 0.6 is 23.2 Å². The van der Waals surface area contributed by atoms with Gasteiger partial charge < -0.3 is 0 Å². The molecule has 0 saturated carbocycles. The summed E-state index contributed by atoms with van der Waals surface area (Å²) in [5.41, 5.74) is 0. The second-order valence-electron chi connectivity index (χ2n) is 0.944. The molecule has 0 spiro atoms. The average Bonchev–Trinajstić information content (AvgIpc) is 1.69. The molecule has 4 heteroatoms. The van der Waals surface area contributed by atoms with E-state index in [1.54, 1.807) is 0 Å². The summed E-state index contributed by atoms with van der Waals surface area (Å²) in [5.74, 6) is 0. The highest BCUT2D eigenvalue weighted by Crippen LogP contribution is 1.64. The number of hydrogen-bond acceptors (Lipinski definition) is 2. The lowest BCUT2D eigenvalue weighted by atomic mass is 11.0. The molecule has 0 aromatic heterocycles. The van der Waals surface area contributed by atoms with Gasteiger partial charge in [0.25, 0.3) is 0 Å². The number of nitrogens with one attached hydrogen (secondary N) is 2. The monoisotopic (exact) mass is 142 g/mol. The van der Waals surface area contributed by atoms with Crippen LogP contribution in [0.3, 0.4) is 0 Å². The summed E-state index contributed by atoms with van der Waals surface area (Å²) in [6.45, 7) is 0.674. The van der Waals surface area contributed by atoms with E-state index >= 15 is 0 Å². The maximum Gasteiger partial charge on any atom is 0.0723 e. The third-order valence-electron chi connectivity index (χ3n) is 0.439. The van der Waals surface area contributed by atoms with Crippen LogP contribution in [0.25, 0.3) is 0 Å². The number of halogens is 2.